The number of rotatable bonds is 6. The third kappa shape index (κ3) is 4.87. The Hall–Kier alpha value is -3.07. The van der Waals surface area contributed by atoms with Crippen LogP contribution in [0.15, 0.2) is 53.7 Å². The number of aryl methyl sites for hydroxylation is 1. The number of hydrogen-bond acceptors (Lipinski definition) is 6. The van der Waals surface area contributed by atoms with Crippen LogP contribution in [0.1, 0.15) is 25.3 Å². The average Bonchev–Trinajstić information content (AvgIpc) is 3.40. The first-order valence-electron chi connectivity index (χ1n) is 11.7. The lowest BCUT2D eigenvalue weighted by Crippen LogP contribution is -2.26. The van der Waals surface area contributed by atoms with Crippen molar-refractivity contribution in [1.82, 2.24) is 9.97 Å². The van der Waals surface area contributed by atoms with E-state index in [1.165, 1.54) is 36.4 Å². The fraction of sp³-hybridized carbons (Fsp3) is 0.385. The van der Waals surface area contributed by atoms with E-state index >= 15 is 0 Å². The van der Waals surface area contributed by atoms with Crippen molar-refractivity contribution < 1.29 is 21.9 Å². The standard InChI is InChI=1S/C26H27F2N3O3S/c1-3-16-12-29-26(30-13-16)31-14-19-8-21(9-20(19)15-31)34-25-23(27)10-18(11-24(25)28)17-4-6-22(7-5-17)35(2,32)33/h4-7,10-13,19-21H,3,8-9,14-15H2,1-2H3/t19-,20+,21?. The van der Waals surface area contributed by atoms with E-state index in [1.807, 2.05) is 12.4 Å². The molecule has 2 aliphatic rings. The third-order valence-electron chi connectivity index (χ3n) is 6.99. The van der Waals surface area contributed by atoms with Crippen LogP contribution in [-0.4, -0.2) is 43.8 Å². The molecule has 1 saturated carbocycles. The molecule has 3 atom stereocenters. The van der Waals surface area contributed by atoms with Gasteiger partial charge < -0.3 is 9.64 Å². The number of nitrogens with zero attached hydrogens (tertiary/aromatic N) is 3. The second-order valence-corrected chi connectivity index (χ2v) is 11.5. The quantitative estimate of drug-likeness (QED) is 0.490. The van der Waals surface area contributed by atoms with Crippen LogP contribution < -0.4 is 9.64 Å². The molecule has 3 aromatic rings. The Kier molecular flexibility index (Phi) is 6.21. The highest BCUT2D eigenvalue weighted by Crippen LogP contribution is 2.41. The van der Waals surface area contributed by atoms with Crippen LogP contribution in [0.2, 0.25) is 0 Å². The van der Waals surface area contributed by atoms with Gasteiger partial charge >= 0.3 is 0 Å². The molecular formula is C26H27F2N3O3S. The first-order chi connectivity index (χ1) is 16.7. The zero-order valence-corrected chi connectivity index (χ0v) is 20.4. The van der Waals surface area contributed by atoms with Crippen molar-refractivity contribution in [3.8, 4) is 16.9 Å². The van der Waals surface area contributed by atoms with Gasteiger partial charge in [-0.15, -0.1) is 0 Å². The Morgan fingerprint density at radius 3 is 2.06 bits per heavy atom. The van der Waals surface area contributed by atoms with E-state index < -0.39 is 21.5 Å². The SMILES string of the molecule is CCc1cnc(N2C[C@H]3CC(Oc4c(F)cc(-c5ccc(S(C)(=O)=O)cc5)cc4F)C[C@H]3C2)nc1. The highest BCUT2D eigenvalue weighted by atomic mass is 32.2. The number of anilines is 1. The van der Waals surface area contributed by atoms with Gasteiger partial charge in [-0.05, 0) is 72.1 Å². The van der Waals surface area contributed by atoms with Crippen LogP contribution in [0.5, 0.6) is 5.75 Å². The molecule has 2 fully saturated rings. The van der Waals surface area contributed by atoms with Crippen molar-refractivity contribution >= 4 is 15.8 Å². The summed E-state index contributed by atoms with van der Waals surface area (Å²) in [5.74, 6) is -0.430. The van der Waals surface area contributed by atoms with Crippen molar-refractivity contribution in [3.63, 3.8) is 0 Å². The Bertz CT molecular complexity index is 1290. The van der Waals surface area contributed by atoms with E-state index in [0.29, 0.717) is 23.0 Å². The van der Waals surface area contributed by atoms with E-state index in [2.05, 4.69) is 21.8 Å². The van der Waals surface area contributed by atoms with Gasteiger partial charge in [0.15, 0.2) is 27.2 Å². The number of hydrogen-bond donors (Lipinski definition) is 0. The zero-order valence-electron chi connectivity index (χ0n) is 19.6. The first-order valence-corrected chi connectivity index (χ1v) is 13.6. The molecule has 2 heterocycles. The van der Waals surface area contributed by atoms with Gasteiger partial charge in [-0.1, -0.05) is 19.1 Å². The Labute approximate surface area is 203 Å². The summed E-state index contributed by atoms with van der Waals surface area (Å²) in [6.45, 7) is 3.68. The van der Waals surface area contributed by atoms with Gasteiger partial charge in [-0.3, -0.25) is 0 Å². The maximum Gasteiger partial charge on any atom is 0.225 e. The molecular weight excluding hydrogens is 472 g/mol. The molecule has 0 amide bonds. The molecule has 1 aliphatic carbocycles. The van der Waals surface area contributed by atoms with Gasteiger partial charge in [0.25, 0.3) is 0 Å². The predicted molar refractivity (Wildman–Crippen MR) is 129 cm³/mol. The molecule has 9 heteroatoms. The Balaban J connectivity index is 1.24. The minimum absolute atomic E-state index is 0.150. The van der Waals surface area contributed by atoms with Gasteiger partial charge in [0.2, 0.25) is 5.95 Å². The fourth-order valence-electron chi connectivity index (χ4n) is 5.10. The molecule has 1 aromatic heterocycles. The van der Waals surface area contributed by atoms with E-state index in [-0.39, 0.29) is 16.7 Å². The van der Waals surface area contributed by atoms with Gasteiger partial charge in [-0.2, -0.15) is 0 Å². The zero-order chi connectivity index (χ0) is 24.7. The third-order valence-corrected chi connectivity index (χ3v) is 8.12. The lowest BCUT2D eigenvalue weighted by Gasteiger charge is -2.20. The number of aromatic nitrogens is 2. The van der Waals surface area contributed by atoms with Gasteiger partial charge in [-0.25, -0.2) is 27.2 Å². The minimum atomic E-state index is -3.35. The molecule has 5 rings (SSSR count). The van der Waals surface area contributed by atoms with Crippen LogP contribution in [0.25, 0.3) is 11.1 Å². The largest absolute Gasteiger partial charge is 0.484 e. The number of benzene rings is 2. The van der Waals surface area contributed by atoms with Crippen molar-refractivity contribution in [2.45, 2.75) is 37.2 Å². The maximum absolute atomic E-state index is 14.9. The molecule has 2 aromatic carbocycles. The topological polar surface area (TPSA) is 72.4 Å². The van der Waals surface area contributed by atoms with Gasteiger partial charge in [0, 0.05) is 31.7 Å². The Morgan fingerprint density at radius 1 is 0.971 bits per heavy atom. The molecule has 184 valence electrons. The van der Waals surface area contributed by atoms with Crippen LogP contribution in [0.3, 0.4) is 0 Å². The summed E-state index contributed by atoms with van der Waals surface area (Å²) < 4.78 is 58.8. The van der Waals surface area contributed by atoms with E-state index in [9.17, 15) is 17.2 Å². The van der Waals surface area contributed by atoms with Crippen LogP contribution in [0, 0.1) is 23.5 Å². The number of ether oxygens (including phenoxy) is 1. The number of sulfone groups is 1. The number of halogens is 2. The molecule has 0 spiro atoms. The average molecular weight is 500 g/mol. The fourth-order valence-corrected chi connectivity index (χ4v) is 5.73. The predicted octanol–water partition coefficient (Wildman–Crippen LogP) is 4.68. The van der Waals surface area contributed by atoms with E-state index in [4.69, 9.17) is 4.74 Å². The number of fused-ring (bicyclic) bond motifs is 1. The summed E-state index contributed by atoms with van der Waals surface area (Å²) in [7, 11) is -3.35. The smallest absolute Gasteiger partial charge is 0.225 e. The normalized spacial score (nSPS) is 21.8. The molecule has 35 heavy (non-hydrogen) atoms. The summed E-state index contributed by atoms with van der Waals surface area (Å²) in [4.78, 5) is 11.3. The molecule has 1 unspecified atom stereocenters. The summed E-state index contributed by atoms with van der Waals surface area (Å²) in [5.41, 5.74) is 1.94. The van der Waals surface area contributed by atoms with Gasteiger partial charge in [0.1, 0.15) is 0 Å². The molecule has 1 aliphatic heterocycles. The van der Waals surface area contributed by atoms with Crippen LogP contribution in [0.4, 0.5) is 14.7 Å². The molecule has 0 radical (unpaired) electrons. The molecule has 0 bridgehead atoms. The minimum Gasteiger partial charge on any atom is -0.484 e. The van der Waals surface area contributed by atoms with Gasteiger partial charge in [0.05, 0.1) is 11.0 Å². The highest BCUT2D eigenvalue weighted by Gasteiger charge is 2.43. The lowest BCUT2D eigenvalue weighted by molar-refractivity contribution is 0.182. The van der Waals surface area contributed by atoms with Crippen LogP contribution in [-0.2, 0) is 16.3 Å². The lowest BCUT2D eigenvalue weighted by atomic mass is 10.0. The van der Waals surface area contributed by atoms with Crippen molar-refractivity contribution in [2.24, 2.45) is 11.8 Å². The molecule has 6 nitrogen and oxygen atoms in total. The summed E-state index contributed by atoms with van der Waals surface area (Å²) in [6.07, 6.45) is 6.92. The maximum atomic E-state index is 14.9. The molecule has 0 N–H and O–H groups in total. The summed E-state index contributed by atoms with van der Waals surface area (Å²) in [5, 5.41) is 0. The van der Waals surface area contributed by atoms with E-state index in [0.717, 1.165) is 50.1 Å². The Morgan fingerprint density at radius 2 is 1.54 bits per heavy atom. The van der Waals surface area contributed by atoms with Crippen molar-refractivity contribution in [3.05, 3.63) is 66.0 Å². The van der Waals surface area contributed by atoms with E-state index in [1.54, 1.807) is 0 Å². The monoisotopic (exact) mass is 499 g/mol. The second kappa shape index (κ2) is 9.18. The molecule has 1 saturated heterocycles. The second-order valence-electron chi connectivity index (χ2n) is 9.45. The summed E-state index contributed by atoms with van der Waals surface area (Å²) >= 11 is 0. The van der Waals surface area contributed by atoms with Crippen molar-refractivity contribution in [1.29, 1.82) is 0 Å². The first kappa shape index (κ1) is 23.7. The summed E-state index contributed by atoms with van der Waals surface area (Å²) in [6, 6.07) is 8.37. The van der Waals surface area contributed by atoms with Crippen LogP contribution >= 0.6 is 0 Å². The van der Waals surface area contributed by atoms with Crippen molar-refractivity contribution in [2.75, 3.05) is 24.2 Å². The highest BCUT2D eigenvalue weighted by molar-refractivity contribution is 7.90.